The van der Waals surface area contributed by atoms with E-state index in [4.69, 9.17) is 11.6 Å². The second kappa shape index (κ2) is 9.81. The fourth-order valence-corrected chi connectivity index (χ4v) is 6.09. The first-order chi connectivity index (χ1) is 14.5. The number of nitrogens with one attached hydrogen (secondary N) is 2. The highest BCUT2D eigenvalue weighted by atomic mass is 35.5. The number of sulfonamides is 1. The number of hydrogen-bond donors (Lipinski definition) is 2. The Balaban J connectivity index is 1.67. The van der Waals surface area contributed by atoms with Crippen molar-refractivity contribution >= 4 is 45.0 Å². The van der Waals surface area contributed by atoms with Crippen LogP contribution in [0.4, 0.5) is 5.69 Å². The van der Waals surface area contributed by atoms with Gasteiger partial charge in [-0.05, 0) is 56.7 Å². The molecule has 0 saturated carbocycles. The fourth-order valence-electron chi connectivity index (χ4n) is 3.24. The van der Waals surface area contributed by atoms with Crippen LogP contribution in [0.15, 0.2) is 47.4 Å². The van der Waals surface area contributed by atoms with Crippen LogP contribution in [0, 0.1) is 0 Å². The van der Waals surface area contributed by atoms with Crippen molar-refractivity contribution in [2.24, 2.45) is 0 Å². The van der Waals surface area contributed by atoms with E-state index in [1.54, 1.807) is 20.8 Å². The van der Waals surface area contributed by atoms with Crippen molar-refractivity contribution in [1.82, 2.24) is 10.0 Å². The normalized spacial score (nSPS) is 15.0. The quantitative estimate of drug-likeness (QED) is 0.654. The van der Waals surface area contributed by atoms with E-state index in [0.717, 1.165) is 30.2 Å². The van der Waals surface area contributed by atoms with Gasteiger partial charge < -0.3 is 10.2 Å². The van der Waals surface area contributed by atoms with Gasteiger partial charge in [0.15, 0.2) is 0 Å². The van der Waals surface area contributed by atoms with E-state index in [0.29, 0.717) is 6.54 Å². The Morgan fingerprint density at radius 1 is 1.10 bits per heavy atom. The highest BCUT2D eigenvalue weighted by Crippen LogP contribution is 2.24. The maximum atomic E-state index is 12.7. The van der Waals surface area contributed by atoms with Crippen LogP contribution in [0.1, 0.15) is 36.7 Å². The number of rotatable bonds is 6. The Morgan fingerprint density at radius 3 is 2.35 bits per heavy atom. The van der Waals surface area contributed by atoms with Crippen molar-refractivity contribution in [1.29, 1.82) is 0 Å². The molecule has 1 saturated heterocycles. The molecule has 0 aromatic heterocycles. The summed E-state index contributed by atoms with van der Waals surface area (Å²) >= 11 is 8.08. The summed E-state index contributed by atoms with van der Waals surface area (Å²) < 4.78 is 27.9. The molecule has 1 fully saturated rings. The molecule has 31 heavy (non-hydrogen) atoms. The van der Waals surface area contributed by atoms with Gasteiger partial charge in [0.2, 0.25) is 10.0 Å². The summed E-state index contributed by atoms with van der Waals surface area (Å²) in [6.45, 7) is 7.67. The number of hydrogen-bond acceptors (Lipinski definition) is 5. The first-order valence-electron chi connectivity index (χ1n) is 10.1. The molecule has 1 aliphatic heterocycles. The summed E-state index contributed by atoms with van der Waals surface area (Å²) in [6.07, 6.45) is 0. The van der Waals surface area contributed by atoms with E-state index in [1.807, 2.05) is 23.9 Å². The lowest BCUT2D eigenvalue weighted by Gasteiger charge is -2.28. The topological polar surface area (TPSA) is 78.5 Å². The number of amides is 1. The molecule has 0 bridgehead atoms. The summed E-state index contributed by atoms with van der Waals surface area (Å²) in [5.74, 6) is 1.92. The minimum absolute atomic E-state index is 0.0694. The van der Waals surface area contributed by atoms with Gasteiger partial charge in [-0.25, -0.2) is 13.1 Å². The minimum atomic E-state index is -3.86. The molecule has 168 valence electrons. The molecule has 1 heterocycles. The van der Waals surface area contributed by atoms with Crippen LogP contribution < -0.4 is 14.9 Å². The predicted molar refractivity (Wildman–Crippen MR) is 129 cm³/mol. The number of benzene rings is 2. The molecule has 0 spiro atoms. The fraction of sp³-hybridized carbons (Fsp3) is 0.409. The molecule has 2 aromatic rings. The van der Waals surface area contributed by atoms with Crippen LogP contribution in [0.25, 0.3) is 0 Å². The summed E-state index contributed by atoms with van der Waals surface area (Å²) in [6, 6.07) is 12.4. The van der Waals surface area contributed by atoms with Gasteiger partial charge in [-0.15, -0.1) is 0 Å². The summed E-state index contributed by atoms with van der Waals surface area (Å²) in [4.78, 5) is 14.9. The van der Waals surface area contributed by atoms with Crippen LogP contribution in [0.3, 0.4) is 0 Å². The average molecular weight is 482 g/mol. The van der Waals surface area contributed by atoms with E-state index in [-0.39, 0.29) is 21.4 Å². The third kappa shape index (κ3) is 6.62. The van der Waals surface area contributed by atoms with Gasteiger partial charge in [0.05, 0.1) is 5.02 Å². The molecule has 1 amide bonds. The molecule has 0 unspecified atom stereocenters. The highest BCUT2D eigenvalue weighted by Gasteiger charge is 2.25. The van der Waals surface area contributed by atoms with Crippen molar-refractivity contribution in [2.75, 3.05) is 29.5 Å². The third-order valence-electron chi connectivity index (χ3n) is 4.69. The molecule has 3 rings (SSSR count). The van der Waals surface area contributed by atoms with Gasteiger partial charge in [-0.3, -0.25) is 4.79 Å². The Kier molecular flexibility index (Phi) is 7.57. The Hall–Kier alpha value is -1.74. The SMILES string of the molecule is CC(C)(C)NS(=O)(=O)c1cc(C(=O)NCc2ccc(N3CCSCC3)cc2)ccc1Cl. The van der Waals surface area contributed by atoms with E-state index in [9.17, 15) is 13.2 Å². The molecular formula is C22H28ClN3O3S2. The molecule has 0 atom stereocenters. The van der Waals surface area contributed by atoms with Crippen LogP contribution >= 0.6 is 23.4 Å². The van der Waals surface area contributed by atoms with E-state index in [2.05, 4.69) is 27.1 Å². The molecule has 2 aromatic carbocycles. The first kappa shape index (κ1) is 23.9. The maximum Gasteiger partial charge on any atom is 0.251 e. The number of halogens is 1. The molecular weight excluding hydrogens is 454 g/mol. The second-order valence-corrected chi connectivity index (χ2v) is 11.7. The first-order valence-corrected chi connectivity index (χ1v) is 13.1. The zero-order valence-electron chi connectivity index (χ0n) is 17.9. The maximum absolute atomic E-state index is 12.7. The van der Waals surface area contributed by atoms with E-state index in [1.165, 1.54) is 23.9 Å². The Morgan fingerprint density at radius 2 is 1.74 bits per heavy atom. The monoisotopic (exact) mass is 481 g/mol. The van der Waals surface area contributed by atoms with E-state index < -0.39 is 15.6 Å². The average Bonchev–Trinajstić information content (AvgIpc) is 2.71. The number of nitrogens with zero attached hydrogens (tertiary/aromatic N) is 1. The third-order valence-corrected chi connectivity index (χ3v) is 7.87. The van der Waals surface area contributed by atoms with Gasteiger partial charge in [0.25, 0.3) is 5.91 Å². The smallest absolute Gasteiger partial charge is 0.251 e. The van der Waals surface area contributed by atoms with Crippen LogP contribution in [0.2, 0.25) is 5.02 Å². The summed E-state index contributed by atoms with van der Waals surface area (Å²) in [5.41, 5.74) is 1.73. The van der Waals surface area contributed by atoms with Crippen molar-refractivity contribution in [3.8, 4) is 0 Å². The van der Waals surface area contributed by atoms with Gasteiger partial charge in [-0.2, -0.15) is 11.8 Å². The molecule has 0 radical (unpaired) electrons. The summed E-state index contributed by atoms with van der Waals surface area (Å²) in [7, 11) is -3.86. The lowest BCUT2D eigenvalue weighted by atomic mass is 10.1. The predicted octanol–water partition coefficient (Wildman–Crippen LogP) is 3.90. The van der Waals surface area contributed by atoms with Crippen molar-refractivity contribution in [2.45, 2.75) is 37.8 Å². The van der Waals surface area contributed by atoms with Crippen LogP contribution in [-0.2, 0) is 16.6 Å². The molecule has 1 aliphatic rings. The lowest BCUT2D eigenvalue weighted by molar-refractivity contribution is 0.0950. The molecule has 6 nitrogen and oxygen atoms in total. The zero-order chi connectivity index (χ0) is 22.6. The number of anilines is 1. The van der Waals surface area contributed by atoms with Gasteiger partial charge in [0.1, 0.15) is 4.90 Å². The zero-order valence-corrected chi connectivity index (χ0v) is 20.3. The van der Waals surface area contributed by atoms with Crippen molar-refractivity contribution in [3.63, 3.8) is 0 Å². The number of carbonyl (C=O) groups is 1. The lowest BCUT2D eigenvalue weighted by Crippen LogP contribution is -2.40. The van der Waals surface area contributed by atoms with E-state index >= 15 is 0 Å². The molecule has 9 heteroatoms. The second-order valence-electron chi connectivity index (χ2n) is 8.45. The largest absolute Gasteiger partial charge is 0.370 e. The van der Waals surface area contributed by atoms with Crippen LogP contribution in [0.5, 0.6) is 0 Å². The number of carbonyl (C=O) groups excluding carboxylic acids is 1. The minimum Gasteiger partial charge on any atom is -0.370 e. The van der Waals surface area contributed by atoms with Gasteiger partial charge >= 0.3 is 0 Å². The highest BCUT2D eigenvalue weighted by molar-refractivity contribution is 7.99. The van der Waals surface area contributed by atoms with Gasteiger partial charge in [0, 0.05) is 47.9 Å². The van der Waals surface area contributed by atoms with Crippen molar-refractivity contribution in [3.05, 3.63) is 58.6 Å². The summed E-state index contributed by atoms with van der Waals surface area (Å²) in [5, 5.41) is 2.92. The molecule has 2 N–H and O–H groups in total. The standard InChI is InChI=1S/C22H28ClN3O3S2/c1-22(2,3)25-31(28,29)20-14-17(6-9-19(20)23)21(27)24-15-16-4-7-18(8-5-16)26-10-12-30-13-11-26/h4-9,14,25H,10-13,15H2,1-3H3,(H,24,27). The molecule has 0 aliphatic carbocycles. The Bertz CT molecular complexity index is 1030. The van der Waals surface area contributed by atoms with Crippen molar-refractivity contribution < 1.29 is 13.2 Å². The number of thioether (sulfide) groups is 1. The Labute approximate surface area is 193 Å². The van der Waals surface area contributed by atoms with Crippen LogP contribution in [-0.4, -0.2) is 44.5 Å². The van der Waals surface area contributed by atoms with Gasteiger partial charge in [-0.1, -0.05) is 23.7 Å².